The van der Waals surface area contributed by atoms with Crippen LogP contribution in [0.4, 0.5) is 0 Å². The lowest BCUT2D eigenvalue weighted by atomic mass is 10.0. The summed E-state index contributed by atoms with van der Waals surface area (Å²) in [4.78, 5) is 14.0. The van der Waals surface area contributed by atoms with Crippen molar-refractivity contribution in [3.05, 3.63) is 0 Å². The van der Waals surface area contributed by atoms with Crippen LogP contribution < -0.4 is 5.73 Å². The van der Waals surface area contributed by atoms with Crippen LogP contribution in [0.25, 0.3) is 0 Å². The summed E-state index contributed by atoms with van der Waals surface area (Å²) in [6, 6.07) is 0.386. The van der Waals surface area contributed by atoms with Crippen molar-refractivity contribution in [1.29, 1.82) is 0 Å². The van der Waals surface area contributed by atoms with Gasteiger partial charge in [-0.25, -0.2) is 0 Å². The summed E-state index contributed by atoms with van der Waals surface area (Å²) in [7, 11) is 0. The molecule has 3 nitrogen and oxygen atoms in total. The molecule has 80 valence electrons. The van der Waals surface area contributed by atoms with Gasteiger partial charge in [0.2, 0.25) is 5.91 Å². The normalized spacial score (nSPS) is 21.6. The van der Waals surface area contributed by atoms with Crippen molar-refractivity contribution in [2.45, 2.75) is 39.2 Å². The number of nitrogens with zero attached hydrogens (tertiary/aromatic N) is 1. The minimum atomic E-state index is 0.0914. The molecule has 4 heteroatoms. The van der Waals surface area contributed by atoms with Gasteiger partial charge >= 0.3 is 0 Å². The zero-order valence-electron chi connectivity index (χ0n) is 8.82. The van der Waals surface area contributed by atoms with Crippen molar-refractivity contribution < 1.29 is 4.79 Å². The first-order chi connectivity index (χ1) is 6.52. The predicted molar refractivity (Wildman–Crippen MR) is 61.0 cm³/mol. The van der Waals surface area contributed by atoms with E-state index >= 15 is 0 Å². The summed E-state index contributed by atoms with van der Waals surface area (Å²) in [6.07, 6.45) is 2.44. The van der Waals surface area contributed by atoms with E-state index in [-0.39, 0.29) is 12.3 Å². The van der Waals surface area contributed by atoms with Crippen molar-refractivity contribution in [2.75, 3.05) is 6.54 Å². The van der Waals surface area contributed by atoms with Gasteiger partial charge in [-0.05, 0) is 18.8 Å². The number of hydrogen-bond acceptors (Lipinski definition) is 2. The van der Waals surface area contributed by atoms with Crippen LogP contribution in [0.5, 0.6) is 0 Å². The van der Waals surface area contributed by atoms with Gasteiger partial charge in [0.1, 0.15) is 0 Å². The van der Waals surface area contributed by atoms with Crippen molar-refractivity contribution in [2.24, 2.45) is 11.7 Å². The van der Waals surface area contributed by atoms with Gasteiger partial charge in [0.15, 0.2) is 0 Å². The fourth-order valence-electron chi connectivity index (χ4n) is 2.05. The Morgan fingerprint density at radius 2 is 2.29 bits per heavy atom. The first-order valence-corrected chi connectivity index (χ1v) is 5.51. The molecule has 0 aliphatic carbocycles. The molecule has 1 amide bonds. The van der Waals surface area contributed by atoms with E-state index in [4.69, 9.17) is 18.0 Å². The highest BCUT2D eigenvalue weighted by Crippen LogP contribution is 2.24. The molecule has 1 saturated heterocycles. The van der Waals surface area contributed by atoms with E-state index in [9.17, 15) is 4.79 Å². The first kappa shape index (κ1) is 11.4. The molecule has 0 bridgehead atoms. The fraction of sp³-hybridized carbons (Fsp3) is 0.800. The number of carbonyl (C=O) groups excluding carboxylic acids is 1. The summed E-state index contributed by atoms with van der Waals surface area (Å²) in [5, 5.41) is 0. The van der Waals surface area contributed by atoms with Crippen LogP contribution in [0.1, 0.15) is 33.1 Å². The van der Waals surface area contributed by atoms with E-state index in [0.717, 1.165) is 19.4 Å². The van der Waals surface area contributed by atoms with Gasteiger partial charge in [-0.2, -0.15) is 0 Å². The van der Waals surface area contributed by atoms with Gasteiger partial charge in [0, 0.05) is 12.6 Å². The van der Waals surface area contributed by atoms with Gasteiger partial charge in [-0.3, -0.25) is 4.79 Å². The number of nitrogens with two attached hydrogens (primary N) is 1. The number of hydrogen-bond donors (Lipinski definition) is 1. The van der Waals surface area contributed by atoms with Gasteiger partial charge in [-0.1, -0.05) is 26.1 Å². The van der Waals surface area contributed by atoms with Gasteiger partial charge < -0.3 is 10.6 Å². The van der Waals surface area contributed by atoms with Crippen molar-refractivity contribution in [3.63, 3.8) is 0 Å². The highest BCUT2D eigenvalue weighted by atomic mass is 32.1. The highest BCUT2D eigenvalue weighted by molar-refractivity contribution is 7.80. The van der Waals surface area contributed by atoms with Crippen LogP contribution in [-0.2, 0) is 4.79 Å². The van der Waals surface area contributed by atoms with E-state index in [1.54, 1.807) is 0 Å². The van der Waals surface area contributed by atoms with Crippen LogP contribution in [-0.4, -0.2) is 28.4 Å². The molecule has 1 atom stereocenters. The molecule has 0 spiro atoms. The monoisotopic (exact) mass is 214 g/mol. The molecule has 0 aromatic rings. The summed E-state index contributed by atoms with van der Waals surface area (Å²) >= 11 is 4.74. The van der Waals surface area contributed by atoms with Crippen LogP contribution in [0.2, 0.25) is 0 Å². The fourth-order valence-corrected chi connectivity index (χ4v) is 2.17. The molecule has 1 aliphatic heterocycles. The van der Waals surface area contributed by atoms with E-state index < -0.39 is 0 Å². The second-order valence-corrected chi connectivity index (χ2v) is 4.71. The van der Waals surface area contributed by atoms with Crippen molar-refractivity contribution in [1.82, 2.24) is 4.90 Å². The second kappa shape index (κ2) is 4.73. The third-order valence-electron chi connectivity index (χ3n) is 2.71. The molecule has 14 heavy (non-hydrogen) atoms. The number of rotatable bonds is 3. The van der Waals surface area contributed by atoms with E-state index in [1.165, 1.54) is 0 Å². The summed E-state index contributed by atoms with van der Waals surface area (Å²) in [6.45, 7) is 5.17. The lowest BCUT2D eigenvalue weighted by Gasteiger charge is -2.27. The van der Waals surface area contributed by atoms with Crippen molar-refractivity contribution >= 4 is 23.1 Å². The van der Waals surface area contributed by atoms with Crippen LogP contribution in [0.15, 0.2) is 0 Å². The molecule has 0 radical (unpaired) electrons. The smallest absolute Gasteiger partial charge is 0.229 e. The molecule has 1 aliphatic rings. The second-order valence-electron chi connectivity index (χ2n) is 4.18. The average Bonchev–Trinajstić information content (AvgIpc) is 2.49. The summed E-state index contributed by atoms with van der Waals surface area (Å²) in [5.74, 6) is 0.612. The molecule has 2 N–H and O–H groups in total. The molecular formula is C10H18N2OS. The maximum absolute atomic E-state index is 11.7. The maximum Gasteiger partial charge on any atom is 0.229 e. The number of carbonyl (C=O) groups is 1. The van der Waals surface area contributed by atoms with E-state index in [1.807, 2.05) is 4.90 Å². The molecular weight excluding hydrogens is 196 g/mol. The van der Waals surface area contributed by atoms with Crippen molar-refractivity contribution in [3.8, 4) is 0 Å². The Hall–Kier alpha value is -0.640. The Labute approximate surface area is 90.6 Å². The largest absolute Gasteiger partial charge is 0.393 e. The molecule has 1 fully saturated rings. The highest BCUT2D eigenvalue weighted by Gasteiger charge is 2.30. The Kier molecular flexibility index (Phi) is 3.86. The Morgan fingerprint density at radius 3 is 2.79 bits per heavy atom. The summed E-state index contributed by atoms with van der Waals surface area (Å²) in [5.41, 5.74) is 5.37. The molecule has 1 unspecified atom stereocenters. The third kappa shape index (κ3) is 2.67. The van der Waals surface area contributed by atoms with Crippen LogP contribution in [0.3, 0.4) is 0 Å². The van der Waals surface area contributed by atoms with Gasteiger partial charge in [0.05, 0.1) is 11.4 Å². The SMILES string of the molecule is CC(C)C1CCCN1C(=O)CC(N)=S. The third-order valence-corrected chi connectivity index (χ3v) is 2.86. The minimum Gasteiger partial charge on any atom is -0.393 e. The topological polar surface area (TPSA) is 46.3 Å². The van der Waals surface area contributed by atoms with E-state index in [0.29, 0.717) is 16.9 Å². The van der Waals surface area contributed by atoms with Crippen LogP contribution >= 0.6 is 12.2 Å². The quantitative estimate of drug-likeness (QED) is 0.721. The average molecular weight is 214 g/mol. The zero-order valence-corrected chi connectivity index (χ0v) is 9.64. The number of thiocarbonyl (C=S) groups is 1. The first-order valence-electron chi connectivity index (χ1n) is 5.10. The molecule has 1 heterocycles. The number of amides is 1. The Bertz CT molecular complexity index is 240. The molecule has 0 saturated carbocycles. The summed E-state index contributed by atoms with van der Waals surface area (Å²) < 4.78 is 0. The Balaban J connectivity index is 2.58. The lowest BCUT2D eigenvalue weighted by Crippen LogP contribution is -2.39. The Morgan fingerprint density at radius 1 is 1.64 bits per heavy atom. The molecule has 0 aromatic carbocycles. The number of likely N-dealkylation sites (tertiary alicyclic amines) is 1. The van der Waals surface area contributed by atoms with Gasteiger partial charge in [0.25, 0.3) is 0 Å². The molecule has 0 aromatic heterocycles. The van der Waals surface area contributed by atoms with E-state index in [2.05, 4.69) is 13.8 Å². The zero-order chi connectivity index (χ0) is 10.7. The lowest BCUT2D eigenvalue weighted by molar-refractivity contribution is -0.131. The maximum atomic E-state index is 11.7. The van der Waals surface area contributed by atoms with Gasteiger partial charge in [-0.15, -0.1) is 0 Å². The molecule has 1 rings (SSSR count). The van der Waals surface area contributed by atoms with Crippen LogP contribution in [0, 0.1) is 5.92 Å². The predicted octanol–water partition coefficient (Wildman–Crippen LogP) is 1.31. The standard InChI is InChI=1S/C10H18N2OS/c1-7(2)8-4-3-5-12(8)10(13)6-9(11)14/h7-8H,3-6H2,1-2H3,(H2,11,14). The minimum absolute atomic E-state index is 0.0914.